The fourth-order valence-electron chi connectivity index (χ4n) is 8.15. The Morgan fingerprint density at radius 2 is 0.736 bits per heavy atom. The largest absolute Gasteiger partial charge is 0.492 e. The fraction of sp³-hybridized carbons (Fsp3) is 0.520. The van der Waals surface area contributed by atoms with Gasteiger partial charge >= 0.3 is 0 Å². The lowest BCUT2D eigenvalue weighted by atomic mass is 9.85. The lowest BCUT2D eigenvalue weighted by molar-refractivity contribution is 0.230. The molecule has 286 valence electrons. The minimum Gasteiger partial charge on any atom is -0.492 e. The van der Waals surface area contributed by atoms with E-state index in [2.05, 4.69) is 121 Å². The monoisotopic (exact) mass is 717 g/mol. The molecule has 3 nitrogen and oxygen atoms in total. The van der Waals surface area contributed by atoms with E-state index in [0.29, 0.717) is 24.4 Å². The molecule has 3 atom stereocenters. The summed E-state index contributed by atoms with van der Waals surface area (Å²) in [5.41, 5.74) is 3.64. The fourth-order valence-corrected chi connectivity index (χ4v) is 8.15. The Bertz CT molecular complexity index is 1820. The molecule has 0 aromatic heterocycles. The van der Waals surface area contributed by atoms with Crippen molar-refractivity contribution in [3.05, 3.63) is 78.4 Å². The molecule has 0 saturated heterocycles. The van der Waals surface area contributed by atoms with E-state index < -0.39 is 0 Å². The molecule has 0 N–H and O–H groups in total. The summed E-state index contributed by atoms with van der Waals surface area (Å²) in [5, 5.41) is 7.02. The van der Waals surface area contributed by atoms with E-state index >= 15 is 0 Å². The van der Waals surface area contributed by atoms with Gasteiger partial charge in [-0.3, -0.25) is 0 Å². The number of hydrogen-bond acceptors (Lipinski definition) is 3. The Kier molecular flexibility index (Phi) is 15.8. The van der Waals surface area contributed by atoms with Crippen molar-refractivity contribution in [1.29, 1.82) is 0 Å². The smallest absolute Gasteiger partial charge is 0.135 e. The number of rotatable bonds is 23. The first-order valence-electron chi connectivity index (χ1n) is 21.4. The molecule has 0 aliphatic rings. The predicted molar refractivity (Wildman–Crippen MR) is 230 cm³/mol. The summed E-state index contributed by atoms with van der Waals surface area (Å²) in [7, 11) is 0. The van der Waals surface area contributed by atoms with Crippen molar-refractivity contribution in [2.45, 2.75) is 132 Å². The molecule has 0 amide bonds. The molecule has 3 unspecified atom stereocenters. The minimum absolute atomic E-state index is 0.509. The normalized spacial score (nSPS) is 13.4. The highest BCUT2D eigenvalue weighted by Crippen LogP contribution is 2.52. The van der Waals surface area contributed by atoms with E-state index in [9.17, 15) is 0 Å². The van der Waals surface area contributed by atoms with E-state index in [-0.39, 0.29) is 0 Å². The van der Waals surface area contributed by atoms with Crippen LogP contribution >= 0.6 is 0 Å². The van der Waals surface area contributed by atoms with E-state index in [1.807, 2.05) is 0 Å². The highest BCUT2D eigenvalue weighted by Gasteiger charge is 2.27. The third-order valence-corrected chi connectivity index (χ3v) is 11.7. The average Bonchev–Trinajstić information content (AvgIpc) is 3.20. The second-order valence-corrected chi connectivity index (χ2v) is 15.4. The molecule has 0 saturated carbocycles. The highest BCUT2D eigenvalue weighted by atomic mass is 16.5. The molecule has 5 aromatic rings. The van der Waals surface area contributed by atoms with Crippen LogP contribution in [0.2, 0.25) is 0 Å². The van der Waals surface area contributed by atoms with Crippen molar-refractivity contribution in [3.8, 4) is 28.4 Å². The number of fused-ring (bicyclic) bond motifs is 3. The summed E-state index contributed by atoms with van der Waals surface area (Å²) in [4.78, 5) is 0. The Hall–Kier alpha value is -3.72. The van der Waals surface area contributed by atoms with E-state index in [0.717, 1.165) is 77.7 Å². The molecule has 0 fully saturated rings. The summed E-state index contributed by atoms with van der Waals surface area (Å²) in [5.74, 6) is 4.60. The van der Waals surface area contributed by atoms with Crippen molar-refractivity contribution < 1.29 is 14.2 Å². The SMILES string of the molecule is CCCCC(CC)COc1c(CC)c(-c2c3ccccc3c(OCC(CC)CCCC)c3ccccc23)c(OCC(CC)CCCC)c2ccccc12. The molecular weight excluding hydrogens is 649 g/mol. The van der Waals surface area contributed by atoms with Crippen LogP contribution in [0.25, 0.3) is 43.4 Å². The van der Waals surface area contributed by atoms with Crippen molar-refractivity contribution in [1.82, 2.24) is 0 Å². The number of benzene rings is 5. The zero-order valence-corrected chi connectivity index (χ0v) is 34.2. The first-order chi connectivity index (χ1) is 26.0. The van der Waals surface area contributed by atoms with Crippen LogP contribution in [0.15, 0.2) is 72.8 Å². The van der Waals surface area contributed by atoms with Crippen LogP contribution in [-0.4, -0.2) is 19.8 Å². The van der Waals surface area contributed by atoms with Gasteiger partial charge in [0.05, 0.1) is 19.8 Å². The van der Waals surface area contributed by atoms with Crippen LogP contribution in [0.4, 0.5) is 0 Å². The molecule has 0 spiro atoms. The lowest BCUT2D eigenvalue weighted by Gasteiger charge is -2.27. The van der Waals surface area contributed by atoms with Crippen molar-refractivity contribution in [2.75, 3.05) is 19.8 Å². The van der Waals surface area contributed by atoms with Gasteiger partial charge in [-0.05, 0) is 54.2 Å². The van der Waals surface area contributed by atoms with Gasteiger partial charge in [-0.1, -0.05) is 179 Å². The molecule has 0 aliphatic heterocycles. The zero-order valence-electron chi connectivity index (χ0n) is 34.2. The van der Waals surface area contributed by atoms with Gasteiger partial charge in [-0.15, -0.1) is 0 Å². The van der Waals surface area contributed by atoms with Gasteiger partial charge in [0.1, 0.15) is 17.2 Å². The van der Waals surface area contributed by atoms with Crippen LogP contribution < -0.4 is 14.2 Å². The topological polar surface area (TPSA) is 27.7 Å². The van der Waals surface area contributed by atoms with Gasteiger partial charge in [-0.25, -0.2) is 0 Å². The third kappa shape index (κ3) is 9.51. The summed E-state index contributed by atoms with van der Waals surface area (Å²) in [6, 6.07) is 26.6. The molecule has 3 heteroatoms. The van der Waals surface area contributed by atoms with Crippen LogP contribution in [-0.2, 0) is 6.42 Å². The second-order valence-electron chi connectivity index (χ2n) is 15.4. The summed E-state index contributed by atoms with van der Waals surface area (Å²) >= 11 is 0. The average molecular weight is 717 g/mol. The van der Waals surface area contributed by atoms with E-state index in [1.165, 1.54) is 85.3 Å². The summed E-state index contributed by atoms with van der Waals surface area (Å²) in [6.07, 6.45) is 15.1. The van der Waals surface area contributed by atoms with Gasteiger partial charge in [0.2, 0.25) is 0 Å². The quantitative estimate of drug-likeness (QED) is 0.0630. The van der Waals surface area contributed by atoms with Gasteiger partial charge in [0.25, 0.3) is 0 Å². The molecule has 0 aliphatic carbocycles. The number of unbranched alkanes of at least 4 members (excludes halogenated alkanes) is 3. The molecule has 5 aromatic carbocycles. The highest BCUT2D eigenvalue weighted by molar-refractivity contribution is 6.19. The van der Waals surface area contributed by atoms with Gasteiger partial charge < -0.3 is 14.2 Å². The Balaban J connectivity index is 1.80. The maximum absolute atomic E-state index is 7.22. The minimum atomic E-state index is 0.509. The van der Waals surface area contributed by atoms with Crippen molar-refractivity contribution in [3.63, 3.8) is 0 Å². The van der Waals surface area contributed by atoms with Gasteiger partial charge in [0.15, 0.2) is 0 Å². The first-order valence-corrected chi connectivity index (χ1v) is 21.4. The van der Waals surface area contributed by atoms with Crippen molar-refractivity contribution in [2.24, 2.45) is 17.8 Å². The maximum atomic E-state index is 7.22. The van der Waals surface area contributed by atoms with Gasteiger partial charge in [-0.2, -0.15) is 0 Å². The second kappa shape index (κ2) is 20.7. The van der Waals surface area contributed by atoms with Crippen LogP contribution in [0, 0.1) is 17.8 Å². The maximum Gasteiger partial charge on any atom is 0.135 e. The zero-order chi connectivity index (χ0) is 37.6. The molecule has 0 bridgehead atoms. The van der Waals surface area contributed by atoms with Crippen LogP contribution in [0.5, 0.6) is 17.2 Å². The predicted octanol–water partition coefficient (Wildman–Crippen LogP) is 15.2. The third-order valence-electron chi connectivity index (χ3n) is 11.7. The van der Waals surface area contributed by atoms with Gasteiger partial charge in [0, 0.05) is 38.2 Å². The van der Waals surface area contributed by atoms with E-state index in [4.69, 9.17) is 14.2 Å². The van der Waals surface area contributed by atoms with E-state index in [1.54, 1.807) is 0 Å². The first kappa shape index (κ1) is 40.5. The standard InChI is InChI=1S/C50H68O3/c1-8-15-24-36(11-4)33-51-48-39(14-7)47(50(45-32-23-22-31-44(45)48)53-35-38(13-6)26-17-10-3)46-40-27-18-20-29-42(40)49(43-30-21-19-28-41(43)46)52-34-37(12-5)25-16-9-2/h18-23,27-32,36-38H,8-17,24-26,33-35H2,1-7H3. The van der Waals surface area contributed by atoms with Crippen molar-refractivity contribution >= 4 is 32.3 Å². The Labute approximate surface area is 321 Å². The Morgan fingerprint density at radius 1 is 0.396 bits per heavy atom. The summed E-state index contributed by atoms with van der Waals surface area (Å²) < 4.78 is 21.2. The summed E-state index contributed by atoms with van der Waals surface area (Å²) in [6.45, 7) is 18.2. The Morgan fingerprint density at radius 3 is 1.11 bits per heavy atom. The van der Waals surface area contributed by atoms with Crippen LogP contribution in [0.3, 0.4) is 0 Å². The molecule has 0 radical (unpaired) electrons. The number of hydrogen-bond donors (Lipinski definition) is 0. The molecule has 5 rings (SSSR count). The molecule has 53 heavy (non-hydrogen) atoms. The number of ether oxygens (including phenoxy) is 3. The molecule has 0 heterocycles. The molecular formula is C50H68O3. The van der Waals surface area contributed by atoms with Crippen LogP contribution in [0.1, 0.15) is 131 Å². The lowest BCUT2D eigenvalue weighted by Crippen LogP contribution is -2.15.